The van der Waals surface area contributed by atoms with Crippen molar-refractivity contribution in [3.8, 4) is 0 Å². The van der Waals surface area contributed by atoms with Crippen molar-refractivity contribution in [3.63, 3.8) is 0 Å². The van der Waals surface area contributed by atoms with Gasteiger partial charge in [-0.3, -0.25) is 10.1 Å². The predicted octanol–water partition coefficient (Wildman–Crippen LogP) is 2.74. The van der Waals surface area contributed by atoms with E-state index in [9.17, 15) is 13.2 Å². The van der Waals surface area contributed by atoms with Gasteiger partial charge in [-0.05, 0) is 56.2 Å². The third-order valence-corrected chi connectivity index (χ3v) is 6.54. The molecule has 2 N–H and O–H groups in total. The topological polar surface area (TPSA) is 91.7 Å². The van der Waals surface area contributed by atoms with E-state index in [4.69, 9.17) is 4.42 Å². The smallest absolute Gasteiger partial charge is 0.243 e. The van der Waals surface area contributed by atoms with Crippen molar-refractivity contribution >= 4 is 21.6 Å². The van der Waals surface area contributed by atoms with Gasteiger partial charge in [0.2, 0.25) is 15.9 Å². The number of nitrogens with zero attached hydrogens (tertiary/aromatic N) is 1. The molecule has 7 nitrogen and oxygen atoms in total. The molecule has 2 aromatic rings. The van der Waals surface area contributed by atoms with Gasteiger partial charge in [-0.25, -0.2) is 8.42 Å². The second-order valence-electron chi connectivity index (χ2n) is 6.66. The number of benzene rings is 1. The van der Waals surface area contributed by atoms with Crippen molar-refractivity contribution in [2.45, 2.75) is 37.1 Å². The standard InChI is InChI=1S/C19H25N3O4S/c1-15(18-6-5-13-26-18)20-14-19(23)21-16-7-9-17(10-8-16)27(24,25)22-11-3-2-4-12-22/h5-10,13,15,20H,2-4,11-12,14H2,1H3,(H,21,23)/t15-/m1/s1. The Balaban J connectivity index is 1.54. The number of carbonyl (C=O) groups excluding carboxylic acids is 1. The molecule has 2 heterocycles. The quantitative estimate of drug-likeness (QED) is 0.757. The highest BCUT2D eigenvalue weighted by Crippen LogP contribution is 2.22. The second-order valence-corrected chi connectivity index (χ2v) is 8.59. The Morgan fingerprint density at radius 1 is 1.15 bits per heavy atom. The predicted molar refractivity (Wildman–Crippen MR) is 103 cm³/mol. The molecule has 1 fully saturated rings. The molecule has 0 aliphatic carbocycles. The maximum Gasteiger partial charge on any atom is 0.243 e. The molecule has 27 heavy (non-hydrogen) atoms. The molecule has 1 aromatic heterocycles. The van der Waals surface area contributed by atoms with Crippen LogP contribution in [-0.4, -0.2) is 38.3 Å². The van der Waals surface area contributed by atoms with Gasteiger partial charge >= 0.3 is 0 Å². The van der Waals surface area contributed by atoms with Crippen LogP contribution in [0.1, 0.15) is 38.0 Å². The summed E-state index contributed by atoms with van der Waals surface area (Å²) >= 11 is 0. The fourth-order valence-electron chi connectivity index (χ4n) is 3.05. The van der Waals surface area contributed by atoms with Crippen molar-refractivity contribution < 1.29 is 17.6 Å². The van der Waals surface area contributed by atoms with E-state index in [0.29, 0.717) is 18.8 Å². The molecule has 0 bridgehead atoms. The van der Waals surface area contributed by atoms with Crippen molar-refractivity contribution in [1.82, 2.24) is 9.62 Å². The third-order valence-electron chi connectivity index (χ3n) is 4.63. The zero-order valence-corrected chi connectivity index (χ0v) is 16.2. The Hall–Kier alpha value is -2.16. The molecule has 8 heteroatoms. The van der Waals surface area contributed by atoms with E-state index in [0.717, 1.165) is 25.0 Å². The van der Waals surface area contributed by atoms with E-state index in [1.54, 1.807) is 36.6 Å². The van der Waals surface area contributed by atoms with Crippen molar-refractivity contribution in [2.24, 2.45) is 0 Å². The molecule has 0 radical (unpaired) electrons. The van der Waals surface area contributed by atoms with Gasteiger partial charge in [0, 0.05) is 18.8 Å². The average molecular weight is 391 g/mol. The first-order valence-corrected chi connectivity index (χ1v) is 10.6. The Kier molecular flexibility index (Phi) is 6.30. The molecular weight excluding hydrogens is 366 g/mol. The van der Waals surface area contributed by atoms with Gasteiger partial charge in [0.1, 0.15) is 5.76 Å². The van der Waals surface area contributed by atoms with Crippen LogP contribution in [0.25, 0.3) is 0 Å². The first-order valence-electron chi connectivity index (χ1n) is 9.13. The summed E-state index contributed by atoms with van der Waals surface area (Å²) < 4.78 is 32.1. The van der Waals surface area contributed by atoms with Gasteiger partial charge in [-0.1, -0.05) is 6.42 Å². The third kappa shape index (κ3) is 4.97. The SMILES string of the molecule is C[C@@H](NCC(=O)Nc1ccc(S(=O)(=O)N2CCCCC2)cc1)c1ccco1. The fourth-order valence-corrected chi connectivity index (χ4v) is 4.57. The first-order chi connectivity index (χ1) is 13.0. The molecule has 146 valence electrons. The van der Waals surface area contributed by atoms with Gasteiger partial charge in [0.25, 0.3) is 0 Å². The van der Waals surface area contributed by atoms with Crippen LogP contribution >= 0.6 is 0 Å². The summed E-state index contributed by atoms with van der Waals surface area (Å²) in [6.07, 6.45) is 4.46. The summed E-state index contributed by atoms with van der Waals surface area (Å²) in [4.78, 5) is 12.3. The molecule has 1 aliphatic heterocycles. The minimum atomic E-state index is -3.46. The Labute approximate surface area is 159 Å². The number of sulfonamides is 1. The largest absolute Gasteiger partial charge is 0.468 e. The number of rotatable bonds is 7. The highest BCUT2D eigenvalue weighted by Gasteiger charge is 2.25. The summed E-state index contributed by atoms with van der Waals surface area (Å²) in [5.41, 5.74) is 0.560. The van der Waals surface area contributed by atoms with Gasteiger partial charge < -0.3 is 9.73 Å². The summed E-state index contributed by atoms with van der Waals surface area (Å²) in [5, 5.41) is 5.84. The van der Waals surface area contributed by atoms with E-state index in [2.05, 4.69) is 10.6 Å². The van der Waals surface area contributed by atoms with Crippen LogP contribution in [0.15, 0.2) is 52.0 Å². The summed E-state index contributed by atoms with van der Waals surface area (Å²) in [6.45, 7) is 3.17. The van der Waals surface area contributed by atoms with Crippen LogP contribution in [0, 0.1) is 0 Å². The van der Waals surface area contributed by atoms with E-state index in [1.807, 2.05) is 13.0 Å². The lowest BCUT2D eigenvalue weighted by molar-refractivity contribution is -0.115. The van der Waals surface area contributed by atoms with Crippen LogP contribution in [0.5, 0.6) is 0 Å². The Morgan fingerprint density at radius 3 is 2.48 bits per heavy atom. The lowest BCUT2D eigenvalue weighted by Crippen LogP contribution is -2.35. The maximum absolute atomic E-state index is 12.6. The molecule has 1 amide bonds. The van der Waals surface area contributed by atoms with Crippen LogP contribution in [0.2, 0.25) is 0 Å². The zero-order chi connectivity index (χ0) is 19.3. The molecule has 0 spiro atoms. The minimum Gasteiger partial charge on any atom is -0.468 e. The van der Waals surface area contributed by atoms with E-state index >= 15 is 0 Å². The minimum absolute atomic E-state index is 0.0807. The molecular formula is C19H25N3O4S. The molecule has 3 rings (SSSR count). The van der Waals surface area contributed by atoms with Gasteiger partial charge in [0.05, 0.1) is 23.7 Å². The number of anilines is 1. The number of amides is 1. The molecule has 1 atom stereocenters. The van der Waals surface area contributed by atoms with Crippen molar-refractivity contribution in [1.29, 1.82) is 0 Å². The normalized spacial score (nSPS) is 16.8. The van der Waals surface area contributed by atoms with Gasteiger partial charge in [0.15, 0.2) is 0 Å². The number of piperidine rings is 1. The molecule has 1 aliphatic rings. The Morgan fingerprint density at radius 2 is 1.85 bits per heavy atom. The molecule has 0 saturated carbocycles. The van der Waals surface area contributed by atoms with Crippen LogP contribution in [0.4, 0.5) is 5.69 Å². The monoisotopic (exact) mass is 391 g/mol. The van der Waals surface area contributed by atoms with Crippen LogP contribution in [-0.2, 0) is 14.8 Å². The van der Waals surface area contributed by atoms with Crippen molar-refractivity contribution in [2.75, 3.05) is 25.0 Å². The Bertz CT molecular complexity index is 842. The molecule has 0 unspecified atom stereocenters. The second kappa shape index (κ2) is 8.69. The average Bonchev–Trinajstić information content (AvgIpc) is 3.22. The fraction of sp³-hybridized carbons (Fsp3) is 0.421. The van der Waals surface area contributed by atoms with E-state index < -0.39 is 10.0 Å². The van der Waals surface area contributed by atoms with Crippen LogP contribution < -0.4 is 10.6 Å². The van der Waals surface area contributed by atoms with Gasteiger partial charge in [-0.15, -0.1) is 0 Å². The van der Waals surface area contributed by atoms with Crippen molar-refractivity contribution in [3.05, 3.63) is 48.4 Å². The lowest BCUT2D eigenvalue weighted by atomic mass is 10.2. The summed E-state index contributed by atoms with van der Waals surface area (Å²) in [6, 6.07) is 9.87. The molecule has 1 aromatic carbocycles. The number of hydrogen-bond acceptors (Lipinski definition) is 5. The lowest BCUT2D eigenvalue weighted by Gasteiger charge is -2.25. The van der Waals surface area contributed by atoms with Crippen LogP contribution in [0.3, 0.4) is 0 Å². The number of carbonyl (C=O) groups is 1. The molecule has 1 saturated heterocycles. The number of nitrogens with one attached hydrogen (secondary N) is 2. The maximum atomic E-state index is 12.6. The highest BCUT2D eigenvalue weighted by atomic mass is 32.2. The van der Waals surface area contributed by atoms with E-state index in [-0.39, 0.29) is 23.4 Å². The number of hydrogen-bond donors (Lipinski definition) is 2. The first kappa shape index (κ1) is 19.6. The highest BCUT2D eigenvalue weighted by molar-refractivity contribution is 7.89. The van der Waals surface area contributed by atoms with E-state index in [1.165, 1.54) is 4.31 Å². The summed E-state index contributed by atoms with van der Waals surface area (Å²) in [5.74, 6) is 0.551. The summed E-state index contributed by atoms with van der Waals surface area (Å²) in [7, 11) is -3.46. The zero-order valence-electron chi connectivity index (χ0n) is 15.3. The number of furan rings is 1. The van der Waals surface area contributed by atoms with Gasteiger partial charge in [-0.2, -0.15) is 4.31 Å².